The zero-order valence-electron chi connectivity index (χ0n) is 8.23. The van der Waals surface area contributed by atoms with Gasteiger partial charge in [-0.05, 0) is 6.08 Å². The predicted molar refractivity (Wildman–Crippen MR) is 48.7 cm³/mol. The first-order valence-electron chi connectivity index (χ1n) is 4.16. The Morgan fingerprint density at radius 2 is 2.00 bits per heavy atom. The molecule has 0 aromatic rings. The minimum absolute atomic E-state index is 0.0443. The van der Waals surface area contributed by atoms with Gasteiger partial charge in [-0.25, -0.2) is 0 Å². The number of carbonyl (C=O) groups is 1. The molecule has 0 bridgehead atoms. The third-order valence-electron chi connectivity index (χ3n) is 1.56. The van der Waals surface area contributed by atoms with Crippen molar-refractivity contribution < 1.29 is 9.18 Å². The molecule has 0 aliphatic heterocycles. The molecule has 0 rings (SSSR count). The number of halogens is 1. The van der Waals surface area contributed by atoms with Crippen molar-refractivity contribution in [2.75, 3.05) is 6.67 Å². The summed E-state index contributed by atoms with van der Waals surface area (Å²) in [4.78, 5) is 11.3. The topological polar surface area (TPSA) is 17.1 Å². The molecule has 12 heavy (non-hydrogen) atoms. The molecule has 0 spiro atoms. The normalized spacial score (nSPS) is 15.1. The lowest BCUT2D eigenvalue weighted by molar-refractivity contribution is -0.121. The lowest BCUT2D eigenvalue weighted by atomic mass is 9.90. The van der Waals surface area contributed by atoms with Crippen molar-refractivity contribution in [2.45, 2.75) is 27.7 Å². The van der Waals surface area contributed by atoms with Gasteiger partial charge in [0.1, 0.15) is 0 Å². The van der Waals surface area contributed by atoms with Crippen LogP contribution in [0.4, 0.5) is 4.39 Å². The number of alkyl halides is 1. The van der Waals surface area contributed by atoms with Crippen molar-refractivity contribution >= 4 is 5.78 Å². The van der Waals surface area contributed by atoms with E-state index in [2.05, 4.69) is 0 Å². The van der Waals surface area contributed by atoms with E-state index in [9.17, 15) is 9.18 Å². The Labute approximate surface area is 73.7 Å². The third kappa shape index (κ3) is 4.27. The molecule has 1 atom stereocenters. The summed E-state index contributed by atoms with van der Waals surface area (Å²) in [6, 6.07) is 0. The number of hydrogen-bond acceptors (Lipinski definition) is 1. The molecule has 0 fully saturated rings. The summed E-state index contributed by atoms with van der Waals surface area (Å²) in [5.74, 6) is -0.112. The van der Waals surface area contributed by atoms with E-state index in [1.807, 2.05) is 20.8 Å². The predicted octanol–water partition coefficient (Wildman–Crippen LogP) is 2.76. The number of ketones is 1. The zero-order valence-corrected chi connectivity index (χ0v) is 8.23. The fourth-order valence-corrected chi connectivity index (χ4v) is 0.553. The summed E-state index contributed by atoms with van der Waals surface area (Å²) in [6.45, 7) is 6.87. The van der Waals surface area contributed by atoms with Crippen molar-refractivity contribution in [3.8, 4) is 0 Å². The van der Waals surface area contributed by atoms with Crippen LogP contribution in [0.15, 0.2) is 12.2 Å². The lowest BCUT2D eigenvalue weighted by Crippen LogP contribution is -2.17. The second kappa shape index (κ2) is 4.39. The van der Waals surface area contributed by atoms with E-state index in [1.54, 1.807) is 13.0 Å². The molecule has 0 heterocycles. The maximum Gasteiger partial charge on any atom is 0.160 e. The molecule has 0 N–H and O–H groups in total. The molecule has 0 aromatic heterocycles. The highest BCUT2D eigenvalue weighted by molar-refractivity contribution is 5.93. The van der Waals surface area contributed by atoms with Crippen molar-refractivity contribution in [1.29, 1.82) is 0 Å². The quantitative estimate of drug-likeness (QED) is 0.598. The number of carbonyl (C=O) groups excluding carboxylic acids is 1. The Morgan fingerprint density at radius 1 is 1.50 bits per heavy atom. The van der Waals surface area contributed by atoms with E-state index in [4.69, 9.17) is 0 Å². The van der Waals surface area contributed by atoms with E-state index in [0.717, 1.165) is 0 Å². The average molecular weight is 172 g/mol. The van der Waals surface area contributed by atoms with Crippen LogP contribution in [0.2, 0.25) is 0 Å². The van der Waals surface area contributed by atoms with Gasteiger partial charge in [0.15, 0.2) is 5.78 Å². The summed E-state index contributed by atoms with van der Waals surface area (Å²) in [6.07, 6.45) is 3.10. The van der Waals surface area contributed by atoms with Gasteiger partial charge in [0, 0.05) is 11.3 Å². The first-order chi connectivity index (χ1) is 5.38. The van der Waals surface area contributed by atoms with Crippen LogP contribution in [0.5, 0.6) is 0 Å². The van der Waals surface area contributed by atoms with Gasteiger partial charge in [-0.2, -0.15) is 0 Å². The molecule has 0 aliphatic rings. The zero-order chi connectivity index (χ0) is 9.78. The highest BCUT2D eigenvalue weighted by Crippen LogP contribution is 2.15. The smallest absolute Gasteiger partial charge is 0.160 e. The summed E-state index contributed by atoms with van der Waals surface area (Å²) in [7, 11) is 0. The Bertz CT molecular complexity index is 177. The SMILES string of the molecule is CC(/C=C/C(=O)C(C)(C)C)CF. The van der Waals surface area contributed by atoms with Crippen molar-refractivity contribution in [2.24, 2.45) is 11.3 Å². The summed E-state index contributed by atoms with van der Waals surface area (Å²) >= 11 is 0. The molecular weight excluding hydrogens is 155 g/mol. The molecular formula is C10H17FO. The molecule has 1 unspecified atom stereocenters. The van der Waals surface area contributed by atoms with Gasteiger partial charge in [0.2, 0.25) is 0 Å². The first-order valence-corrected chi connectivity index (χ1v) is 4.16. The summed E-state index contributed by atoms with van der Waals surface area (Å²) in [5, 5.41) is 0. The monoisotopic (exact) mass is 172 g/mol. The van der Waals surface area contributed by atoms with Crippen LogP contribution in [0.3, 0.4) is 0 Å². The summed E-state index contributed by atoms with van der Waals surface area (Å²) in [5.41, 5.74) is -0.355. The molecule has 1 nitrogen and oxygen atoms in total. The van der Waals surface area contributed by atoms with Gasteiger partial charge in [0.25, 0.3) is 0 Å². The van der Waals surface area contributed by atoms with Gasteiger partial charge >= 0.3 is 0 Å². The largest absolute Gasteiger partial charge is 0.294 e. The minimum atomic E-state index is -0.409. The molecule has 70 valence electrons. The molecule has 0 aromatic carbocycles. The molecule has 0 saturated heterocycles. The second-order valence-corrected chi connectivity index (χ2v) is 4.10. The second-order valence-electron chi connectivity index (χ2n) is 4.10. The molecule has 2 heteroatoms. The Morgan fingerprint density at radius 3 is 2.33 bits per heavy atom. The summed E-state index contributed by atoms with van der Waals surface area (Å²) < 4.78 is 12.0. The van der Waals surface area contributed by atoms with Gasteiger partial charge in [-0.3, -0.25) is 9.18 Å². The highest BCUT2D eigenvalue weighted by Gasteiger charge is 2.17. The van der Waals surface area contributed by atoms with Gasteiger partial charge in [0.05, 0.1) is 6.67 Å². The highest BCUT2D eigenvalue weighted by atomic mass is 19.1. The standard InChI is InChI=1S/C10H17FO/c1-8(7-11)5-6-9(12)10(2,3)4/h5-6,8H,7H2,1-4H3/b6-5+. The van der Waals surface area contributed by atoms with Crippen LogP contribution < -0.4 is 0 Å². The van der Waals surface area contributed by atoms with Crippen LogP contribution in [-0.2, 0) is 4.79 Å². The van der Waals surface area contributed by atoms with Crippen molar-refractivity contribution in [3.63, 3.8) is 0 Å². The van der Waals surface area contributed by atoms with Gasteiger partial charge in [-0.15, -0.1) is 0 Å². The van der Waals surface area contributed by atoms with E-state index < -0.39 is 6.67 Å². The molecule has 0 aliphatic carbocycles. The van der Waals surface area contributed by atoms with Crippen molar-refractivity contribution in [1.82, 2.24) is 0 Å². The molecule has 0 radical (unpaired) electrons. The van der Waals surface area contributed by atoms with E-state index in [0.29, 0.717) is 0 Å². The van der Waals surface area contributed by atoms with E-state index in [-0.39, 0.29) is 17.1 Å². The fourth-order valence-electron chi connectivity index (χ4n) is 0.553. The maximum atomic E-state index is 12.0. The number of allylic oxidation sites excluding steroid dienone is 2. The van der Waals surface area contributed by atoms with Crippen LogP contribution in [0.25, 0.3) is 0 Å². The van der Waals surface area contributed by atoms with Crippen LogP contribution in [-0.4, -0.2) is 12.5 Å². The number of hydrogen-bond donors (Lipinski definition) is 0. The minimum Gasteiger partial charge on any atom is -0.294 e. The van der Waals surface area contributed by atoms with E-state index in [1.165, 1.54) is 6.08 Å². The maximum absolute atomic E-state index is 12.0. The lowest BCUT2D eigenvalue weighted by Gasteiger charge is -2.13. The van der Waals surface area contributed by atoms with Crippen LogP contribution >= 0.6 is 0 Å². The van der Waals surface area contributed by atoms with Crippen molar-refractivity contribution in [3.05, 3.63) is 12.2 Å². The molecule has 0 saturated carbocycles. The Balaban J connectivity index is 4.10. The van der Waals surface area contributed by atoms with Gasteiger partial charge < -0.3 is 0 Å². The van der Waals surface area contributed by atoms with Crippen LogP contribution in [0.1, 0.15) is 27.7 Å². The van der Waals surface area contributed by atoms with Crippen LogP contribution in [0, 0.1) is 11.3 Å². The van der Waals surface area contributed by atoms with Gasteiger partial charge in [-0.1, -0.05) is 33.8 Å². The number of rotatable bonds is 3. The average Bonchev–Trinajstić information content (AvgIpc) is 1.97. The van der Waals surface area contributed by atoms with E-state index >= 15 is 0 Å². The Hall–Kier alpha value is -0.660. The first kappa shape index (κ1) is 11.3. The molecule has 0 amide bonds. The fraction of sp³-hybridized carbons (Fsp3) is 0.700. The third-order valence-corrected chi connectivity index (χ3v) is 1.56. The Kier molecular flexibility index (Phi) is 4.15.